The zero-order valence-electron chi connectivity index (χ0n) is 19.7. The molecule has 0 aliphatic carbocycles. The van der Waals surface area contributed by atoms with Crippen LogP contribution in [0.15, 0.2) is 60.7 Å². The highest BCUT2D eigenvalue weighted by molar-refractivity contribution is 5.97. The Hall–Kier alpha value is -3.78. The number of carbonyl (C=O) groups excluding carboxylic acids is 1. The number of hydrogen-bond acceptors (Lipinski definition) is 6. The number of hydrogen-bond donors (Lipinski definition) is 1. The van der Waals surface area contributed by atoms with E-state index < -0.39 is 17.6 Å². The van der Waals surface area contributed by atoms with Gasteiger partial charge in [-0.1, -0.05) is 55.5 Å². The molecule has 1 N–H and O–H groups in total. The number of fused-ring (bicyclic) bond motifs is 1. The molecule has 0 saturated heterocycles. The van der Waals surface area contributed by atoms with E-state index in [4.69, 9.17) is 4.74 Å². The Morgan fingerprint density at radius 3 is 2.32 bits per heavy atom. The lowest BCUT2D eigenvalue weighted by Gasteiger charge is -2.46. The van der Waals surface area contributed by atoms with E-state index in [1.54, 1.807) is 31.9 Å². The van der Waals surface area contributed by atoms with E-state index in [1.807, 2.05) is 66.4 Å². The van der Waals surface area contributed by atoms with Gasteiger partial charge in [0, 0.05) is 29.7 Å². The molecule has 8 nitrogen and oxygen atoms in total. The summed E-state index contributed by atoms with van der Waals surface area (Å²) >= 11 is 0. The Labute approximate surface area is 198 Å². The van der Waals surface area contributed by atoms with Crippen LogP contribution >= 0.6 is 0 Å². The quantitative estimate of drug-likeness (QED) is 0.604. The van der Waals surface area contributed by atoms with Crippen molar-refractivity contribution in [3.05, 3.63) is 83.2 Å². The summed E-state index contributed by atoms with van der Waals surface area (Å²) in [6.45, 7) is 5.93. The highest BCUT2D eigenvalue weighted by Crippen LogP contribution is 2.46. The molecular weight excluding hydrogens is 432 g/mol. The molecule has 176 valence electrons. The molecule has 1 aliphatic heterocycles. The van der Waals surface area contributed by atoms with Gasteiger partial charge in [0.15, 0.2) is 0 Å². The van der Waals surface area contributed by atoms with Gasteiger partial charge < -0.3 is 14.7 Å². The topological polar surface area (TPSA) is 95.9 Å². The molecule has 4 rings (SSSR count). The Morgan fingerprint density at radius 1 is 1.09 bits per heavy atom. The van der Waals surface area contributed by atoms with E-state index >= 15 is 0 Å². The number of aromatic nitrogens is 2. The summed E-state index contributed by atoms with van der Waals surface area (Å²) in [5.74, 6) is -1.32. The Morgan fingerprint density at radius 2 is 1.71 bits per heavy atom. The number of carbonyl (C=O) groups is 2. The summed E-state index contributed by atoms with van der Waals surface area (Å²) in [6, 6.07) is 18.5. The number of rotatable bonds is 6. The number of para-hydroxylation sites is 1. The van der Waals surface area contributed by atoms with Crippen molar-refractivity contribution in [1.29, 1.82) is 0 Å². The smallest absolute Gasteiger partial charge is 0.347 e. The highest BCUT2D eigenvalue weighted by atomic mass is 16.5. The summed E-state index contributed by atoms with van der Waals surface area (Å²) in [7, 11) is 1.71. The fraction of sp³-hybridized carbons (Fsp3) is 0.308. The molecule has 0 saturated carbocycles. The number of likely N-dealkylation sites (N-methyl/N-ethyl adjacent to an activating group) is 2. The zero-order chi connectivity index (χ0) is 24.5. The van der Waals surface area contributed by atoms with E-state index in [2.05, 4.69) is 9.97 Å². The number of nitrogens with zero attached hydrogens (tertiary/aromatic N) is 4. The average molecular weight is 461 g/mol. The summed E-state index contributed by atoms with van der Waals surface area (Å²) in [5.41, 5.74) is 1.99. The highest BCUT2D eigenvalue weighted by Gasteiger charge is 2.55. The Kier molecular flexibility index (Phi) is 6.34. The molecule has 2 heterocycles. The largest absolute Gasteiger partial charge is 0.478 e. The van der Waals surface area contributed by atoms with Crippen molar-refractivity contribution >= 4 is 17.6 Å². The summed E-state index contributed by atoms with van der Waals surface area (Å²) in [4.78, 5) is 38.3. The maximum Gasteiger partial charge on any atom is 0.347 e. The first kappa shape index (κ1) is 23.4. The molecule has 1 aromatic heterocycles. The first-order valence-corrected chi connectivity index (χ1v) is 11.2. The first-order valence-electron chi connectivity index (χ1n) is 11.2. The van der Waals surface area contributed by atoms with Crippen molar-refractivity contribution in [3.63, 3.8) is 0 Å². The molecule has 2 atom stereocenters. The van der Waals surface area contributed by atoms with Gasteiger partial charge >= 0.3 is 12.0 Å². The minimum absolute atomic E-state index is 0.0113. The average Bonchev–Trinajstić information content (AvgIpc) is 2.91. The second kappa shape index (κ2) is 9.23. The minimum Gasteiger partial charge on any atom is -0.478 e. The van der Waals surface area contributed by atoms with E-state index in [1.165, 1.54) is 0 Å². The summed E-state index contributed by atoms with van der Waals surface area (Å²) in [6.07, 6.45) is -1.45. The van der Waals surface area contributed by atoms with Gasteiger partial charge in [0.2, 0.25) is 12.0 Å². The molecule has 0 bridgehead atoms. The van der Waals surface area contributed by atoms with Gasteiger partial charge in [-0.2, -0.15) is 0 Å². The zero-order valence-corrected chi connectivity index (χ0v) is 19.7. The second-order valence-electron chi connectivity index (χ2n) is 8.39. The molecule has 2 aromatic carbocycles. The monoisotopic (exact) mass is 460 g/mol. The number of ether oxygens (including phenoxy) is 1. The SMILES string of the molecule is CCN1CC(=O)N(C)c2ccccc2C1(c1ccccc1)C(Oc1nc(C)cc(C)n1)C(=O)O. The number of carboxylic acid groups (broad SMARTS) is 1. The van der Waals surface area contributed by atoms with Crippen LogP contribution < -0.4 is 9.64 Å². The summed E-state index contributed by atoms with van der Waals surface area (Å²) < 4.78 is 6.16. The normalized spacial score (nSPS) is 19.3. The second-order valence-corrected chi connectivity index (χ2v) is 8.39. The fourth-order valence-electron chi connectivity index (χ4n) is 4.80. The number of carboxylic acids is 1. The third kappa shape index (κ3) is 3.90. The molecule has 3 aromatic rings. The predicted octanol–water partition coefficient (Wildman–Crippen LogP) is 3.17. The molecule has 0 fully saturated rings. The standard InChI is InChI=1S/C26H28N4O4/c1-5-30-16-22(31)29(4)21-14-10-9-13-20(21)26(30,19-11-7-6-8-12-19)23(24(32)33)34-25-27-17(2)15-18(3)28-25/h6-15,23H,5,16H2,1-4H3,(H,32,33). The molecular formula is C26H28N4O4. The van der Waals surface area contributed by atoms with Gasteiger partial charge in [-0.05, 0) is 38.1 Å². The van der Waals surface area contributed by atoms with Gasteiger partial charge in [-0.15, -0.1) is 0 Å². The van der Waals surface area contributed by atoms with Crippen LogP contribution in [0.2, 0.25) is 0 Å². The van der Waals surface area contributed by atoms with Gasteiger partial charge in [-0.3, -0.25) is 9.69 Å². The van der Waals surface area contributed by atoms with Crippen molar-refractivity contribution in [3.8, 4) is 6.01 Å². The molecule has 34 heavy (non-hydrogen) atoms. The van der Waals surface area contributed by atoms with Gasteiger partial charge in [0.25, 0.3) is 0 Å². The van der Waals surface area contributed by atoms with Gasteiger partial charge in [0.1, 0.15) is 5.54 Å². The predicted molar refractivity (Wildman–Crippen MR) is 128 cm³/mol. The van der Waals surface area contributed by atoms with Gasteiger partial charge in [-0.25, -0.2) is 14.8 Å². The molecule has 1 amide bonds. The van der Waals surface area contributed by atoms with Crippen molar-refractivity contribution < 1.29 is 19.4 Å². The van der Waals surface area contributed by atoms with E-state index in [9.17, 15) is 14.7 Å². The Bertz CT molecular complexity index is 1200. The van der Waals surface area contributed by atoms with E-state index in [-0.39, 0.29) is 18.5 Å². The number of aliphatic carboxylic acids is 1. The van der Waals surface area contributed by atoms with Crippen LogP contribution in [-0.2, 0) is 15.1 Å². The third-order valence-corrected chi connectivity index (χ3v) is 6.26. The lowest BCUT2D eigenvalue weighted by molar-refractivity contribution is -0.153. The van der Waals surface area contributed by atoms with Crippen LogP contribution in [0.25, 0.3) is 0 Å². The maximum atomic E-state index is 13.2. The van der Waals surface area contributed by atoms with Crippen molar-refractivity contribution in [2.24, 2.45) is 0 Å². The van der Waals surface area contributed by atoms with Crippen LogP contribution in [0.3, 0.4) is 0 Å². The van der Waals surface area contributed by atoms with Crippen LogP contribution in [0.5, 0.6) is 6.01 Å². The number of aryl methyl sites for hydroxylation is 2. The van der Waals surface area contributed by atoms with E-state index in [0.29, 0.717) is 34.7 Å². The van der Waals surface area contributed by atoms with Crippen LogP contribution in [0, 0.1) is 13.8 Å². The van der Waals surface area contributed by atoms with E-state index in [0.717, 1.165) is 0 Å². The lowest BCUT2D eigenvalue weighted by Crippen LogP contribution is -2.60. The Balaban J connectivity index is 2.07. The van der Waals surface area contributed by atoms with Crippen LogP contribution in [0.1, 0.15) is 29.4 Å². The molecule has 8 heteroatoms. The van der Waals surface area contributed by atoms with Crippen LogP contribution in [-0.4, -0.2) is 58.1 Å². The number of anilines is 1. The molecule has 0 radical (unpaired) electrons. The van der Waals surface area contributed by atoms with Crippen LogP contribution in [0.4, 0.5) is 5.69 Å². The minimum atomic E-state index is -1.45. The maximum absolute atomic E-state index is 13.2. The molecule has 2 unspecified atom stereocenters. The first-order chi connectivity index (χ1) is 16.3. The molecule has 1 aliphatic rings. The van der Waals surface area contributed by atoms with Gasteiger partial charge in [0.05, 0.1) is 6.54 Å². The lowest BCUT2D eigenvalue weighted by atomic mass is 9.75. The fourth-order valence-corrected chi connectivity index (χ4v) is 4.80. The number of benzene rings is 2. The van der Waals surface area contributed by atoms with Crippen molar-refractivity contribution in [2.45, 2.75) is 32.4 Å². The third-order valence-electron chi connectivity index (χ3n) is 6.26. The summed E-state index contributed by atoms with van der Waals surface area (Å²) in [5, 5.41) is 10.6. The molecule has 0 spiro atoms. The van der Waals surface area contributed by atoms with Crippen molar-refractivity contribution in [1.82, 2.24) is 14.9 Å². The number of amides is 1. The van der Waals surface area contributed by atoms with Crippen molar-refractivity contribution in [2.75, 3.05) is 25.0 Å².